The normalized spacial score (nSPS) is 11.0. The Morgan fingerprint density at radius 3 is 1.65 bits per heavy atom. The fourth-order valence-electron chi connectivity index (χ4n) is 1.32. The second-order valence-corrected chi connectivity index (χ2v) is 11.5. The van der Waals surface area contributed by atoms with Gasteiger partial charge in [-0.2, -0.15) is 0 Å². The Kier molecular flexibility index (Phi) is 5.10. The summed E-state index contributed by atoms with van der Waals surface area (Å²) >= 11 is -5.84. The zero-order chi connectivity index (χ0) is 12.1. The van der Waals surface area contributed by atoms with Crippen LogP contribution in [0.5, 0.6) is 0 Å². The molecule has 0 fully saturated rings. The molecule has 0 spiro atoms. The molecule has 3 nitrogen and oxygen atoms in total. The van der Waals surface area contributed by atoms with Crippen molar-refractivity contribution >= 4 is 41.3 Å². The molecule has 0 aliphatic heterocycles. The summed E-state index contributed by atoms with van der Waals surface area (Å²) in [6.45, 7) is 0. The second kappa shape index (κ2) is 6.59. The minimum absolute atomic E-state index is 1.04. The summed E-state index contributed by atoms with van der Waals surface area (Å²) < 4.78 is 27.6. The van der Waals surface area contributed by atoms with Crippen LogP contribution in [-0.4, -0.2) is 24.4 Å². The molecule has 0 aromatic heterocycles. The number of halogens is 1. The van der Waals surface area contributed by atoms with Crippen LogP contribution in [0.3, 0.4) is 0 Å². The van der Waals surface area contributed by atoms with Crippen molar-refractivity contribution in [1.29, 1.82) is 0 Å². The Morgan fingerprint density at radius 1 is 0.882 bits per heavy atom. The van der Waals surface area contributed by atoms with Crippen LogP contribution in [0.15, 0.2) is 60.7 Å². The van der Waals surface area contributed by atoms with Gasteiger partial charge in [-0.1, -0.05) is 0 Å². The van der Waals surface area contributed by atoms with Crippen molar-refractivity contribution in [3.8, 4) is 0 Å². The fourth-order valence-corrected chi connectivity index (χ4v) is 10.3. The van der Waals surface area contributed by atoms with E-state index in [1.165, 1.54) is 0 Å². The van der Waals surface area contributed by atoms with Crippen LogP contribution in [0.2, 0.25) is 0 Å². The van der Waals surface area contributed by atoms with Crippen molar-refractivity contribution < 1.29 is 7.75 Å². The van der Waals surface area contributed by atoms with Crippen molar-refractivity contribution in [3.63, 3.8) is 0 Å². The molecule has 2 aromatic rings. The maximum absolute atomic E-state index is 11.0. The SMILES string of the molecule is [O]=[Sb]([OH])[O]I(c1ccccc1)c1ccccc1. The van der Waals surface area contributed by atoms with Crippen LogP contribution in [-0.2, 0) is 4.36 Å². The van der Waals surface area contributed by atoms with E-state index in [-0.39, 0.29) is 0 Å². The van der Waals surface area contributed by atoms with Crippen molar-refractivity contribution in [2.45, 2.75) is 0 Å². The molecule has 5 heteroatoms. The van der Waals surface area contributed by atoms with Gasteiger partial charge in [0.15, 0.2) is 0 Å². The van der Waals surface area contributed by atoms with Crippen LogP contribution in [0.25, 0.3) is 0 Å². The van der Waals surface area contributed by atoms with Gasteiger partial charge < -0.3 is 0 Å². The first-order chi connectivity index (χ1) is 8.27. The fraction of sp³-hybridized carbons (Fsp3) is 0. The molecule has 0 saturated heterocycles. The Hall–Kier alpha value is -0.292. The van der Waals surface area contributed by atoms with E-state index in [9.17, 15) is 3.02 Å². The van der Waals surface area contributed by atoms with Gasteiger partial charge >= 0.3 is 117 Å². The third kappa shape index (κ3) is 3.84. The molecular formula is C12H11IO3Sb. The Labute approximate surface area is 116 Å². The third-order valence-corrected chi connectivity index (χ3v) is 11.3. The molecule has 89 valence electrons. The topological polar surface area (TPSA) is 46.5 Å². The van der Waals surface area contributed by atoms with E-state index in [1.807, 2.05) is 60.7 Å². The van der Waals surface area contributed by atoms with E-state index in [4.69, 9.17) is 4.73 Å². The zero-order valence-corrected chi connectivity index (χ0v) is 13.6. The first kappa shape index (κ1) is 13.1. The zero-order valence-electron chi connectivity index (χ0n) is 8.86. The van der Waals surface area contributed by atoms with E-state index >= 15 is 0 Å². The molecule has 0 unspecified atom stereocenters. The molecule has 0 aliphatic carbocycles. The number of hydrogen-bond acceptors (Lipinski definition) is 2. The summed E-state index contributed by atoms with van der Waals surface area (Å²) in [4.78, 5) is 0. The standard InChI is InChI=1S/C12H10IO.H2O.O.Sb/c14-13(11-7-3-1-4-8-11)12-9-5-2-6-10-12;;;/h1-10H;1H2;;/q-1;;;+2/p-1. The monoisotopic (exact) mass is 451 g/mol. The predicted octanol–water partition coefficient (Wildman–Crippen LogP) is 2.57. The Morgan fingerprint density at radius 2 is 1.29 bits per heavy atom. The molecule has 2 aromatic carbocycles. The molecule has 2 rings (SSSR count). The predicted molar refractivity (Wildman–Crippen MR) is 74.0 cm³/mol. The van der Waals surface area contributed by atoms with E-state index < -0.39 is 41.3 Å². The molecule has 0 atom stereocenters. The van der Waals surface area contributed by atoms with Gasteiger partial charge in [-0.05, 0) is 0 Å². The van der Waals surface area contributed by atoms with Gasteiger partial charge in [-0.3, -0.25) is 0 Å². The van der Waals surface area contributed by atoms with Gasteiger partial charge in [0.2, 0.25) is 0 Å². The molecule has 0 heterocycles. The Balaban J connectivity index is 2.36. The maximum atomic E-state index is 11.0. The number of rotatable bonds is 4. The van der Waals surface area contributed by atoms with Crippen LogP contribution < -0.4 is 0 Å². The molecule has 0 amide bonds. The van der Waals surface area contributed by atoms with E-state index in [1.54, 1.807) is 0 Å². The molecular weight excluding hydrogens is 441 g/mol. The number of benzene rings is 2. The molecule has 0 bridgehead atoms. The van der Waals surface area contributed by atoms with E-state index in [0.29, 0.717) is 0 Å². The summed E-state index contributed by atoms with van der Waals surface area (Å²) in [6, 6.07) is 19.4. The van der Waals surface area contributed by atoms with Crippen LogP contribution in [0, 0.1) is 7.14 Å². The average molecular weight is 452 g/mol. The average Bonchev–Trinajstić information content (AvgIpc) is 2.38. The second-order valence-electron chi connectivity index (χ2n) is 3.15. The first-order valence-corrected chi connectivity index (χ1v) is 11.2. The van der Waals surface area contributed by atoms with Crippen molar-refractivity contribution in [1.82, 2.24) is 0 Å². The summed E-state index contributed by atoms with van der Waals surface area (Å²) in [5.74, 6) is 0. The van der Waals surface area contributed by atoms with Crippen LogP contribution in [0.1, 0.15) is 0 Å². The Bertz CT molecular complexity index is 450. The van der Waals surface area contributed by atoms with Gasteiger partial charge in [0.05, 0.1) is 0 Å². The molecule has 0 aliphatic rings. The van der Waals surface area contributed by atoms with Gasteiger partial charge in [0.1, 0.15) is 0 Å². The van der Waals surface area contributed by atoms with Gasteiger partial charge in [-0.25, -0.2) is 0 Å². The van der Waals surface area contributed by atoms with E-state index in [0.717, 1.165) is 7.14 Å². The van der Waals surface area contributed by atoms with Gasteiger partial charge in [0.25, 0.3) is 0 Å². The third-order valence-electron chi connectivity index (χ3n) is 1.99. The van der Waals surface area contributed by atoms with Gasteiger partial charge in [0, 0.05) is 0 Å². The number of hydrogen-bond donors (Lipinski definition) is 1. The van der Waals surface area contributed by atoms with Gasteiger partial charge in [-0.15, -0.1) is 0 Å². The molecule has 1 radical (unpaired) electrons. The van der Waals surface area contributed by atoms with Crippen LogP contribution >= 0.6 is 20.2 Å². The summed E-state index contributed by atoms with van der Waals surface area (Å²) in [7, 11) is 0. The van der Waals surface area contributed by atoms with E-state index in [2.05, 4.69) is 0 Å². The molecule has 17 heavy (non-hydrogen) atoms. The summed E-state index contributed by atoms with van der Waals surface area (Å²) in [6.07, 6.45) is 0. The van der Waals surface area contributed by atoms with Crippen LogP contribution in [0.4, 0.5) is 0 Å². The summed E-state index contributed by atoms with van der Waals surface area (Å²) in [5.41, 5.74) is 0. The van der Waals surface area contributed by atoms with Crippen molar-refractivity contribution in [2.24, 2.45) is 0 Å². The quantitative estimate of drug-likeness (QED) is 0.574. The summed E-state index contributed by atoms with van der Waals surface area (Å²) in [5, 5.41) is 0. The van der Waals surface area contributed by atoms with Crippen molar-refractivity contribution in [2.75, 3.05) is 0 Å². The molecule has 1 N–H and O–H groups in total. The first-order valence-electron chi connectivity index (χ1n) is 4.92. The minimum atomic E-state index is -3.66. The van der Waals surface area contributed by atoms with Crippen molar-refractivity contribution in [3.05, 3.63) is 67.8 Å². The molecule has 0 saturated carbocycles.